The average molecular weight is 311 g/mol. The third kappa shape index (κ3) is 4.68. The van der Waals surface area contributed by atoms with E-state index >= 15 is 0 Å². The molecule has 1 aliphatic rings. The number of hydrogen-bond acceptors (Lipinski definition) is 4. The number of hydrogen-bond donors (Lipinski definition) is 2. The second kappa shape index (κ2) is 6.32. The maximum Gasteiger partial charge on any atom is 0.317 e. The van der Waals surface area contributed by atoms with Gasteiger partial charge in [-0.25, -0.2) is 9.78 Å². The quantitative estimate of drug-likeness (QED) is 0.877. The summed E-state index contributed by atoms with van der Waals surface area (Å²) in [5.74, 6) is 0.383. The summed E-state index contributed by atoms with van der Waals surface area (Å²) in [5, 5.41) is 15.7. The van der Waals surface area contributed by atoms with E-state index in [2.05, 4.69) is 31.1 Å². The number of nitrogens with one attached hydrogen (secondary N) is 1. The number of carbonyl (C=O) groups is 1. The molecule has 1 aromatic heterocycles. The van der Waals surface area contributed by atoms with Crippen molar-refractivity contribution in [2.24, 2.45) is 5.92 Å². The van der Waals surface area contributed by atoms with Crippen LogP contribution in [0.1, 0.15) is 44.3 Å². The van der Waals surface area contributed by atoms with Gasteiger partial charge in [0.1, 0.15) is 5.01 Å². The van der Waals surface area contributed by atoms with Gasteiger partial charge in [-0.15, -0.1) is 11.3 Å². The fourth-order valence-electron chi connectivity index (χ4n) is 2.02. The van der Waals surface area contributed by atoms with Gasteiger partial charge in [-0.3, -0.25) is 0 Å². The minimum atomic E-state index is -0.395. The number of thiazole rings is 1. The molecular weight excluding hydrogens is 286 g/mol. The highest BCUT2D eigenvalue weighted by molar-refractivity contribution is 7.09. The van der Waals surface area contributed by atoms with E-state index in [0.29, 0.717) is 19.0 Å². The van der Waals surface area contributed by atoms with Crippen LogP contribution in [0.2, 0.25) is 0 Å². The van der Waals surface area contributed by atoms with Gasteiger partial charge >= 0.3 is 6.03 Å². The summed E-state index contributed by atoms with van der Waals surface area (Å²) >= 11 is 1.57. The number of aliphatic hydroxyl groups excluding tert-OH is 1. The van der Waals surface area contributed by atoms with Crippen LogP contribution >= 0.6 is 11.3 Å². The molecule has 2 amide bonds. The average Bonchev–Trinajstić information content (AvgIpc) is 3.13. The number of aliphatic hydroxyl groups is 1. The topological polar surface area (TPSA) is 65.5 Å². The van der Waals surface area contributed by atoms with Crippen LogP contribution in [0.3, 0.4) is 0 Å². The molecule has 0 aromatic carbocycles. The van der Waals surface area contributed by atoms with Gasteiger partial charge in [0.15, 0.2) is 0 Å². The molecule has 2 rings (SSSR count). The van der Waals surface area contributed by atoms with E-state index in [1.807, 2.05) is 5.38 Å². The summed E-state index contributed by atoms with van der Waals surface area (Å²) < 4.78 is 0. The van der Waals surface area contributed by atoms with Crippen LogP contribution in [0.25, 0.3) is 0 Å². The number of carbonyl (C=O) groups excluding carboxylic acids is 1. The fourth-order valence-corrected chi connectivity index (χ4v) is 2.98. The first-order chi connectivity index (χ1) is 9.77. The third-order valence-electron chi connectivity index (χ3n) is 3.68. The number of urea groups is 1. The number of nitrogens with zero attached hydrogens (tertiary/aromatic N) is 2. The molecule has 21 heavy (non-hydrogen) atoms. The third-order valence-corrected chi connectivity index (χ3v) is 4.53. The zero-order chi connectivity index (χ0) is 15.6. The maximum absolute atomic E-state index is 12.0. The Morgan fingerprint density at radius 1 is 1.57 bits per heavy atom. The van der Waals surface area contributed by atoms with Crippen LogP contribution in [0.4, 0.5) is 4.79 Å². The molecule has 5 nitrogen and oxygen atoms in total. The standard InChI is InChI=1S/C15H25N3O2S/c1-15(2,3)12-9-21-13(17-12)7-16-14(20)18(4)8-11(19)10-5-6-10/h9-11,19H,5-8H2,1-4H3,(H,16,20). The van der Waals surface area contributed by atoms with E-state index in [-0.39, 0.29) is 11.4 Å². The van der Waals surface area contributed by atoms with Gasteiger partial charge in [-0.2, -0.15) is 0 Å². The van der Waals surface area contributed by atoms with Crippen molar-refractivity contribution in [1.82, 2.24) is 15.2 Å². The van der Waals surface area contributed by atoms with Crippen LogP contribution in [-0.4, -0.2) is 40.7 Å². The zero-order valence-corrected chi connectivity index (χ0v) is 14.0. The van der Waals surface area contributed by atoms with Gasteiger partial charge in [0.25, 0.3) is 0 Å². The first-order valence-corrected chi connectivity index (χ1v) is 8.27. The summed E-state index contributed by atoms with van der Waals surface area (Å²) in [6.45, 7) is 7.19. The molecular formula is C15H25N3O2S. The van der Waals surface area contributed by atoms with Crippen molar-refractivity contribution in [2.75, 3.05) is 13.6 Å². The molecule has 0 saturated heterocycles. The van der Waals surface area contributed by atoms with E-state index in [4.69, 9.17) is 0 Å². The van der Waals surface area contributed by atoms with Gasteiger partial charge < -0.3 is 15.3 Å². The molecule has 1 unspecified atom stereocenters. The summed E-state index contributed by atoms with van der Waals surface area (Å²) in [4.78, 5) is 18.1. The Morgan fingerprint density at radius 2 is 2.24 bits per heavy atom. The lowest BCUT2D eigenvalue weighted by atomic mass is 9.93. The molecule has 0 spiro atoms. The minimum absolute atomic E-state index is 0.0317. The fraction of sp³-hybridized carbons (Fsp3) is 0.733. The van der Waals surface area contributed by atoms with Crippen LogP contribution < -0.4 is 5.32 Å². The van der Waals surface area contributed by atoms with Crippen LogP contribution in [0.15, 0.2) is 5.38 Å². The van der Waals surface area contributed by atoms with E-state index in [1.165, 1.54) is 0 Å². The smallest absolute Gasteiger partial charge is 0.317 e. The molecule has 1 heterocycles. The van der Waals surface area contributed by atoms with Crippen molar-refractivity contribution in [2.45, 2.75) is 51.7 Å². The molecule has 0 radical (unpaired) electrons. The Balaban J connectivity index is 1.78. The highest BCUT2D eigenvalue weighted by Crippen LogP contribution is 2.32. The van der Waals surface area contributed by atoms with Crippen molar-refractivity contribution in [3.63, 3.8) is 0 Å². The molecule has 1 aliphatic carbocycles. The van der Waals surface area contributed by atoms with E-state index < -0.39 is 6.10 Å². The molecule has 118 valence electrons. The van der Waals surface area contributed by atoms with Gasteiger partial charge in [0.05, 0.1) is 18.3 Å². The molecule has 1 atom stereocenters. The SMILES string of the molecule is CN(CC(O)C1CC1)C(=O)NCc1nc(C(C)(C)C)cs1. The molecule has 0 bridgehead atoms. The van der Waals surface area contributed by atoms with Crippen LogP contribution in [0.5, 0.6) is 0 Å². The van der Waals surface area contributed by atoms with Gasteiger partial charge in [0.2, 0.25) is 0 Å². The van der Waals surface area contributed by atoms with Crippen LogP contribution in [-0.2, 0) is 12.0 Å². The van der Waals surface area contributed by atoms with E-state index in [9.17, 15) is 9.90 Å². The Bertz CT molecular complexity index is 491. The van der Waals surface area contributed by atoms with Crippen molar-refractivity contribution in [3.05, 3.63) is 16.1 Å². The predicted octanol–water partition coefficient (Wildman–Crippen LogP) is 2.35. The van der Waals surface area contributed by atoms with Crippen molar-refractivity contribution in [1.29, 1.82) is 0 Å². The maximum atomic E-state index is 12.0. The Morgan fingerprint density at radius 3 is 2.76 bits per heavy atom. The largest absolute Gasteiger partial charge is 0.391 e. The molecule has 0 aliphatic heterocycles. The summed E-state index contributed by atoms with van der Waals surface area (Å²) in [6, 6.07) is -0.165. The zero-order valence-electron chi connectivity index (χ0n) is 13.2. The number of rotatable bonds is 5. The lowest BCUT2D eigenvalue weighted by molar-refractivity contribution is 0.113. The van der Waals surface area contributed by atoms with Gasteiger partial charge in [-0.05, 0) is 18.8 Å². The Hall–Kier alpha value is -1.14. The summed E-state index contributed by atoms with van der Waals surface area (Å²) in [7, 11) is 1.71. The lowest BCUT2D eigenvalue weighted by Gasteiger charge is -2.20. The molecule has 1 aromatic rings. The lowest BCUT2D eigenvalue weighted by Crippen LogP contribution is -2.41. The first-order valence-electron chi connectivity index (χ1n) is 7.39. The molecule has 1 saturated carbocycles. The number of likely N-dealkylation sites (N-methyl/N-ethyl adjacent to an activating group) is 1. The molecule has 1 fully saturated rings. The van der Waals surface area contributed by atoms with Gasteiger partial charge in [0, 0.05) is 24.4 Å². The first kappa shape index (κ1) is 16.2. The predicted molar refractivity (Wildman–Crippen MR) is 84.4 cm³/mol. The van der Waals surface area contributed by atoms with Crippen molar-refractivity contribution >= 4 is 17.4 Å². The molecule has 2 N–H and O–H groups in total. The monoisotopic (exact) mass is 311 g/mol. The Kier molecular flexibility index (Phi) is 4.88. The van der Waals surface area contributed by atoms with Crippen molar-refractivity contribution < 1.29 is 9.90 Å². The number of aromatic nitrogens is 1. The van der Waals surface area contributed by atoms with Gasteiger partial charge in [-0.1, -0.05) is 20.8 Å². The summed E-state index contributed by atoms with van der Waals surface area (Å²) in [6.07, 6.45) is 1.75. The second-order valence-electron chi connectivity index (χ2n) is 6.82. The number of amides is 2. The molecule has 6 heteroatoms. The second-order valence-corrected chi connectivity index (χ2v) is 7.76. The summed E-state index contributed by atoms with van der Waals surface area (Å²) in [5.41, 5.74) is 1.08. The van der Waals surface area contributed by atoms with Crippen LogP contribution in [0, 0.1) is 5.92 Å². The van der Waals surface area contributed by atoms with E-state index in [0.717, 1.165) is 23.5 Å². The normalized spacial score (nSPS) is 16.6. The highest BCUT2D eigenvalue weighted by Gasteiger charge is 2.31. The minimum Gasteiger partial charge on any atom is -0.391 e. The Labute approximate surface area is 130 Å². The highest BCUT2D eigenvalue weighted by atomic mass is 32.1. The van der Waals surface area contributed by atoms with Crippen molar-refractivity contribution in [3.8, 4) is 0 Å². The van der Waals surface area contributed by atoms with E-state index in [1.54, 1.807) is 23.3 Å².